The second kappa shape index (κ2) is 12.0. The highest BCUT2D eigenvalue weighted by molar-refractivity contribution is 5.94. The van der Waals surface area contributed by atoms with Crippen molar-refractivity contribution in [2.45, 2.75) is 32.7 Å². The molecule has 3 aromatic carbocycles. The van der Waals surface area contributed by atoms with Crippen LogP contribution in [-0.4, -0.2) is 31.0 Å². The fourth-order valence-corrected chi connectivity index (χ4v) is 4.76. The molecule has 0 aliphatic rings. The van der Waals surface area contributed by atoms with Gasteiger partial charge in [0, 0.05) is 30.2 Å². The SMILES string of the molecule is COc1ccc(C(=O)N(CCCN)C(c2oc3cc(F)ccc3c(=O)c2Cc2ccccc2)C(C)C)cc1. The van der Waals surface area contributed by atoms with E-state index in [4.69, 9.17) is 14.9 Å². The van der Waals surface area contributed by atoms with Crippen molar-refractivity contribution in [2.24, 2.45) is 11.7 Å². The number of carbonyl (C=O) groups excluding carboxylic acids is 1. The monoisotopic (exact) mass is 516 g/mol. The number of hydrogen-bond acceptors (Lipinski definition) is 5. The van der Waals surface area contributed by atoms with Crippen LogP contribution in [0.4, 0.5) is 4.39 Å². The van der Waals surface area contributed by atoms with Crippen LogP contribution in [0.25, 0.3) is 11.0 Å². The molecule has 1 aromatic heterocycles. The number of ether oxygens (including phenoxy) is 1. The van der Waals surface area contributed by atoms with Crippen molar-refractivity contribution >= 4 is 16.9 Å². The number of nitrogens with two attached hydrogens (primary N) is 1. The van der Waals surface area contributed by atoms with Crippen LogP contribution >= 0.6 is 0 Å². The number of benzene rings is 3. The van der Waals surface area contributed by atoms with E-state index in [9.17, 15) is 14.0 Å². The molecule has 1 unspecified atom stereocenters. The minimum atomic E-state index is -0.588. The molecule has 6 nitrogen and oxygen atoms in total. The maximum Gasteiger partial charge on any atom is 0.254 e. The molecule has 4 aromatic rings. The first-order valence-electron chi connectivity index (χ1n) is 12.8. The summed E-state index contributed by atoms with van der Waals surface area (Å²) in [4.78, 5) is 29.4. The highest BCUT2D eigenvalue weighted by Crippen LogP contribution is 2.34. The molecule has 4 rings (SSSR count). The lowest BCUT2D eigenvalue weighted by Gasteiger charge is -2.35. The van der Waals surface area contributed by atoms with Gasteiger partial charge in [-0.3, -0.25) is 9.59 Å². The Morgan fingerprint density at radius 2 is 1.76 bits per heavy atom. The molecule has 1 amide bonds. The lowest BCUT2D eigenvalue weighted by Crippen LogP contribution is -2.40. The number of nitrogens with zero attached hydrogens (tertiary/aromatic N) is 1. The lowest BCUT2D eigenvalue weighted by atomic mass is 9.91. The topological polar surface area (TPSA) is 85.8 Å². The second-order valence-electron chi connectivity index (χ2n) is 9.63. The molecule has 38 heavy (non-hydrogen) atoms. The van der Waals surface area contributed by atoms with Crippen molar-refractivity contribution in [3.8, 4) is 5.75 Å². The van der Waals surface area contributed by atoms with E-state index in [-0.39, 0.29) is 22.8 Å². The van der Waals surface area contributed by atoms with Crippen molar-refractivity contribution in [1.82, 2.24) is 4.90 Å². The van der Waals surface area contributed by atoms with Gasteiger partial charge in [0.05, 0.1) is 18.5 Å². The number of rotatable bonds is 10. The lowest BCUT2D eigenvalue weighted by molar-refractivity contribution is 0.0587. The molecular weight excluding hydrogens is 483 g/mol. The molecule has 198 valence electrons. The molecule has 0 aliphatic heterocycles. The zero-order chi connectivity index (χ0) is 27.2. The van der Waals surface area contributed by atoms with Gasteiger partial charge in [0.1, 0.15) is 22.9 Å². The molecule has 0 spiro atoms. The Balaban J connectivity index is 1.91. The van der Waals surface area contributed by atoms with Crippen LogP contribution in [0.3, 0.4) is 0 Å². The van der Waals surface area contributed by atoms with Gasteiger partial charge < -0.3 is 19.8 Å². The van der Waals surface area contributed by atoms with Gasteiger partial charge in [-0.05, 0) is 60.8 Å². The first-order chi connectivity index (χ1) is 18.3. The van der Waals surface area contributed by atoms with Crippen molar-refractivity contribution in [2.75, 3.05) is 20.2 Å². The van der Waals surface area contributed by atoms with Gasteiger partial charge in [-0.2, -0.15) is 0 Å². The average Bonchev–Trinajstić information content (AvgIpc) is 2.92. The van der Waals surface area contributed by atoms with Crippen LogP contribution in [0.2, 0.25) is 0 Å². The molecular formula is C31H33FN2O4. The molecule has 1 atom stereocenters. The van der Waals surface area contributed by atoms with Crippen LogP contribution in [0.15, 0.2) is 82.0 Å². The molecule has 0 fully saturated rings. The Bertz CT molecular complexity index is 1450. The summed E-state index contributed by atoms with van der Waals surface area (Å²) in [7, 11) is 1.57. The number of amides is 1. The third-order valence-electron chi connectivity index (χ3n) is 6.64. The number of methoxy groups -OCH3 is 1. The fourth-order valence-electron chi connectivity index (χ4n) is 4.76. The summed E-state index contributed by atoms with van der Waals surface area (Å²) in [6.07, 6.45) is 0.877. The molecule has 0 aliphatic carbocycles. The normalized spacial score (nSPS) is 12.1. The second-order valence-corrected chi connectivity index (χ2v) is 9.63. The summed E-state index contributed by atoms with van der Waals surface area (Å²) in [5.41, 5.74) is 7.63. The molecule has 0 saturated carbocycles. The summed E-state index contributed by atoms with van der Waals surface area (Å²) >= 11 is 0. The summed E-state index contributed by atoms with van der Waals surface area (Å²) in [6.45, 7) is 4.70. The number of halogens is 1. The summed E-state index contributed by atoms with van der Waals surface area (Å²) in [6, 6.07) is 19.9. The van der Waals surface area contributed by atoms with Crippen molar-refractivity contribution in [3.05, 3.63) is 111 Å². The molecule has 0 radical (unpaired) electrons. The molecule has 1 heterocycles. The Kier molecular flexibility index (Phi) is 8.59. The smallest absolute Gasteiger partial charge is 0.254 e. The molecule has 0 bridgehead atoms. The van der Waals surface area contributed by atoms with Crippen LogP contribution in [-0.2, 0) is 6.42 Å². The van der Waals surface area contributed by atoms with E-state index in [0.29, 0.717) is 54.0 Å². The van der Waals surface area contributed by atoms with E-state index < -0.39 is 11.9 Å². The maximum absolute atomic E-state index is 14.2. The number of carbonyl (C=O) groups is 1. The largest absolute Gasteiger partial charge is 0.497 e. The van der Waals surface area contributed by atoms with Gasteiger partial charge >= 0.3 is 0 Å². The Morgan fingerprint density at radius 3 is 2.39 bits per heavy atom. The standard InChI is InChI=1S/C31H33FN2O4/c1-20(2)28(34(17-7-16-33)31(36)22-10-13-24(37-3)14-11-22)30-26(18-21-8-5-4-6-9-21)29(35)25-15-12-23(32)19-27(25)38-30/h4-6,8-15,19-20,28H,7,16-18,33H2,1-3H3. The summed E-state index contributed by atoms with van der Waals surface area (Å²) < 4.78 is 25.8. The molecule has 7 heteroatoms. The van der Waals surface area contributed by atoms with Crippen LogP contribution < -0.4 is 15.9 Å². The Morgan fingerprint density at radius 1 is 1.05 bits per heavy atom. The predicted octanol–water partition coefficient (Wildman–Crippen LogP) is 5.72. The van der Waals surface area contributed by atoms with E-state index >= 15 is 0 Å². The quantitative estimate of drug-likeness (QED) is 0.291. The highest BCUT2D eigenvalue weighted by atomic mass is 19.1. The van der Waals surface area contributed by atoms with E-state index in [2.05, 4.69) is 0 Å². The highest BCUT2D eigenvalue weighted by Gasteiger charge is 2.33. The van der Waals surface area contributed by atoms with E-state index in [0.717, 1.165) is 5.56 Å². The van der Waals surface area contributed by atoms with Gasteiger partial charge in [0.2, 0.25) is 0 Å². The number of fused-ring (bicyclic) bond motifs is 1. The first-order valence-corrected chi connectivity index (χ1v) is 12.8. The Hall–Kier alpha value is -3.97. The van der Waals surface area contributed by atoms with Crippen molar-refractivity contribution in [1.29, 1.82) is 0 Å². The third kappa shape index (κ3) is 5.78. The third-order valence-corrected chi connectivity index (χ3v) is 6.64. The molecule has 2 N–H and O–H groups in total. The van der Waals surface area contributed by atoms with Crippen LogP contribution in [0, 0.1) is 11.7 Å². The van der Waals surface area contributed by atoms with Gasteiger partial charge in [-0.15, -0.1) is 0 Å². The zero-order valence-corrected chi connectivity index (χ0v) is 21.9. The van der Waals surface area contributed by atoms with Gasteiger partial charge in [-0.1, -0.05) is 44.2 Å². The fraction of sp³-hybridized carbons (Fsp3) is 0.290. The summed E-state index contributed by atoms with van der Waals surface area (Å²) in [5, 5.41) is 0.304. The van der Waals surface area contributed by atoms with Crippen molar-refractivity contribution < 1.29 is 18.3 Å². The zero-order valence-electron chi connectivity index (χ0n) is 21.9. The number of hydrogen-bond donors (Lipinski definition) is 1. The van der Waals surface area contributed by atoms with Crippen molar-refractivity contribution in [3.63, 3.8) is 0 Å². The van der Waals surface area contributed by atoms with Gasteiger partial charge in [0.25, 0.3) is 5.91 Å². The Labute approximate surface area is 221 Å². The predicted molar refractivity (Wildman–Crippen MR) is 147 cm³/mol. The van der Waals surface area contributed by atoms with Crippen LogP contribution in [0.5, 0.6) is 5.75 Å². The molecule has 0 saturated heterocycles. The van der Waals surface area contributed by atoms with E-state index in [1.165, 1.54) is 18.2 Å². The van der Waals surface area contributed by atoms with E-state index in [1.807, 2.05) is 44.2 Å². The van der Waals surface area contributed by atoms with Crippen LogP contribution in [0.1, 0.15) is 53.6 Å². The van der Waals surface area contributed by atoms with Gasteiger partial charge in [-0.25, -0.2) is 4.39 Å². The minimum Gasteiger partial charge on any atom is -0.497 e. The maximum atomic E-state index is 14.2. The van der Waals surface area contributed by atoms with E-state index in [1.54, 1.807) is 36.3 Å². The van der Waals surface area contributed by atoms with Gasteiger partial charge in [0.15, 0.2) is 5.43 Å². The average molecular weight is 517 g/mol. The first kappa shape index (κ1) is 27.1. The summed E-state index contributed by atoms with van der Waals surface area (Å²) in [5.74, 6) is 0.165. The minimum absolute atomic E-state index is 0.126.